The highest BCUT2D eigenvalue weighted by atomic mass is 32.2. The molecule has 17 heavy (non-hydrogen) atoms. The topological polar surface area (TPSA) is 52.7 Å². The first-order chi connectivity index (χ1) is 7.87. The fourth-order valence-electron chi connectivity index (χ4n) is 1.69. The van der Waals surface area contributed by atoms with E-state index in [2.05, 4.69) is 5.32 Å². The van der Waals surface area contributed by atoms with Gasteiger partial charge in [-0.3, -0.25) is 0 Å². The summed E-state index contributed by atoms with van der Waals surface area (Å²) in [5.41, 5.74) is 0. The van der Waals surface area contributed by atoms with Crippen LogP contribution in [0.4, 0.5) is 0 Å². The molecule has 0 spiro atoms. The zero-order chi connectivity index (χ0) is 13.5. The fraction of sp³-hybridized carbons (Fsp3) is 1.00. The highest BCUT2D eigenvalue weighted by molar-refractivity contribution is 7.86. The maximum absolute atomic E-state index is 12.2. The van der Waals surface area contributed by atoms with Crippen molar-refractivity contribution in [3.05, 3.63) is 0 Å². The molecule has 0 atom stereocenters. The van der Waals surface area contributed by atoms with Gasteiger partial charge in [0.15, 0.2) is 0 Å². The van der Waals surface area contributed by atoms with Gasteiger partial charge < -0.3 is 5.32 Å². The minimum Gasteiger partial charge on any atom is -0.317 e. The molecule has 0 aliphatic carbocycles. The molecule has 0 amide bonds. The molecule has 0 aromatic carbocycles. The molecule has 0 aromatic rings. The Bertz CT molecular complexity index is 291. The summed E-state index contributed by atoms with van der Waals surface area (Å²) in [5, 5.41) is 3.19. The van der Waals surface area contributed by atoms with Crippen LogP contribution in [0.25, 0.3) is 0 Å². The number of hydrogen-bond donors (Lipinski definition) is 1. The van der Waals surface area contributed by atoms with Gasteiger partial charge in [0.1, 0.15) is 0 Å². The molecule has 104 valence electrons. The van der Waals surface area contributed by atoms with Crippen LogP contribution in [0, 0.1) is 0 Å². The van der Waals surface area contributed by atoms with Crippen molar-refractivity contribution in [2.24, 2.45) is 0 Å². The molecular weight excluding hydrogens is 238 g/mol. The largest absolute Gasteiger partial charge is 0.317 e. The molecule has 0 fully saturated rings. The molecule has 0 saturated carbocycles. The summed E-state index contributed by atoms with van der Waals surface area (Å²) in [7, 11) is -1.65. The van der Waals surface area contributed by atoms with Crippen molar-refractivity contribution in [2.75, 3.05) is 33.2 Å². The van der Waals surface area contributed by atoms with Crippen molar-refractivity contribution in [2.45, 2.75) is 40.2 Å². The molecule has 0 unspecified atom stereocenters. The molecule has 6 heteroatoms. The van der Waals surface area contributed by atoms with Crippen molar-refractivity contribution in [1.82, 2.24) is 13.9 Å². The number of hydrogen-bond acceptors (Lipinski definition) is 3. The molecule has 0 saturated heterocycles. The summed E-state index contributed by atoms with van der Waals surface area (Å²) >= 11 is 0. The predicted molar refractivity (Wildman–Crippen MR) is 72.2 cm³/mol. The van der Waals surface area contributed by atoms with E-state index in [1.807, 2.05) is 27.7 Å². The quantitative estimate of drug-likeness (QED) is 0.630. The van der Waals surface area contributed by atoms with Crippen LogP contribution in [0.15, 0.2) is 0 Å². The fourth-order valence-corrected chi connectivity index (χ4v) is 3.27. The number of rotatable bonds is 9. The second-order valence-electron chi connectivity index (χ2n) is 4.33. The first-order valence-corrected chi connectivity index (χ1v) is 7.71. The standard InChI is InChI=1S/C11H27N3O2S/c1-6-12-9-8-10-13(5)17(15,16)14(7-2)11(3)4/h11-12H,6-10H2,1-5H3. The highest BCUT2D eigenvalue weighted by Crippen LogP contribution is 2.10. The first kappa shape index (κ1) is 16.8. The van der Waals surface area contributed by atoms with Gasteiger partial charge in [0.25, 0.3) is 10.2 Å². The van der Waals surface area contributed by atoms with Crippen molar-refractivity contribution in [3.63, 3.8) is 0 Å². The van der Waals surface area contributed by atoms with E-state index < -0.39 is 10.2 Å². The Kier molecular flexibility index (Phi) is 7.94. The minimum absolute atomic E-state index is 0.00113. The normalized spacial score (nSPS) is 12.9. The van der Waals surface area contributed by atoms with E-state index in [4.69, 9.17) is 0 Å². The molecule has 0 aliphatic heterocycles. The van der Waals surface area contributed by atoms with E-state index in [1.165, 1.54) is 8.61 Å². The maximum Gasteiger partial charge on any atom is 0.281 e. The van der Waals surface area contributed by atoms with Gasteiger partial charge in [-0.1, -0.05) is 13.8 Å². The van der Waals surface area contributed by atoms with Crippen LogP contribution in [0.2, 0.25) is 0 Å². The van der Waals surface area contributed by atoms with Gasteiger partial charge in [-0.25, -0.2) is 0 Å². The van der Waals surface area contributed by atoms with Crippen molar-refractivity contribution in [1.29, 1.82) is 0 Å². The van der Waals surface area contributed by atoms with Crippen molar-refractivity contribution >= 4 is 10.2 Å². The molecule has 0 radical (unpaired) electrons. The summed E-state index contributed by atoms with van der Waals surface area (Å²) in [6, 6.07) is 0.00113. The monoisotopic (exact) mass is 265 g/mol. The van der Waals surface area contributed by atoms with Crippen LogP contribution < -0.4 is 5.32 Å². The third-order valence-corrected chi connectivity index (χ3v) is 4.90. The smallest absolute Gasteiger partial charge is 0.281 e. The SMILES string of the molecule is CCNCCCN(C)S(=O)(=O)N(CC)C(C)C. The van der Waals surface area contributed by atoms with E-state index >= 15 is 0 Å². The summed E-state index contributed by atoms with van der Waals surface area (Å²) in [6.45, 7) is 10.5. The van der Waals surface area contributed by atoms with Crippen LogP contribution in [-0.2, 0) is 10.2 Å². The van der Waals surface area contributed by atoms with Crippen molar-refractivity contribution in [3.8, 4) is 0 Å². The van der Waals surface area contributed by atoms with Crippen molar-refractivity contribution < 1.29 is 8.42 Å². The lowest BCUT2D eigenvalue weighted by molar-refractivity contribution is 0.327. The predicted octanol–water partition coefficient (Wildman–Crippen LogP) is 0.893. The Morgan fingerprint density at radius 3 is 2.24 bits per heavy atom. The Hall–Kier alpha value is -0.170. The van der Waals surface area contributed by atoms with Gasteiger partial charge in [0.2, 0.25) is 0 Å². The van der Waals surface area contributed by atoms with Gasteiger partial charge in [0, 0.05) is 26.2 Å². The van der Waals surface area contributed by atoms with Gasteiger partial charge in [-0.05, 0) is 33.4 Å². The van der Waals surface area contributed by atoms with E-state index in [9.17, 15) is 8.42 Å². The molecule has 0 rings (SSSR count). The van der Waals surface area contributed by atoms with Gasteiger partial charge in [-0.2, -0.15) is 17.0 Å². The molecular formula is C11H27N3O2S. The lowest BCUT2D eigenvalue weighted by atomic mass is 10.4. The molecule has 1 N–H and O–H groups in total. The van der Waals surface area contributed by atoms with E-state index in [1.54, 1.807) is 7.05 Å². The third-order valence-electron chi connectivity index (χ3n) is 2.65. The molecule has 0 aromatic heterocycles. The number of nitrogens with one attached hydrogen (secondary N) is 1. The van der Waals surface area contributed by atoms with E-state index in [-0.39, 0.29) is 6.04 Å². The molecule has 0 aliphatic rings. The summed E-state index contributed by atoms with van der Waals surface area (Å²) in [4.78, 5) is 0. The van der Waals surface area contributed by atoms with Crippen LogP contribution in [-0.4, -0.2) is 56.3 Å². The summed E-state index contributed by atoms with van der Waals surface area (Å²) < 4.78 is 27.3. The minimum atomic E-state index is -3.30. The van der Waals surface area contributed by atoms with Gasteiger partial charge in [-0.15, -0.1) is 0 Å². The summed E-state index contributed by atoms with van der Waals surface area (Å²) in [5.74, 6) is 0. The lowest BCUT2D eigenvalue weighted by Gasteiger charge is -2.29. The number of nitrogens with zero attached hydrogens (tertiary/aromatic N) is 2. The average Bonchev–Trinajstić information content (AvgIpc) is 2.23. The average molecular weight is 265 g/mol. The van der Waals surface area contributed by atoms with Crippen LogP contribution in [0.1, 0.15) is 34.1 Å². The van der Waals surface area contributed by atoms with E-state index in [0.717, 1.165) is 19.5 Å². The molecule has 0 heterocycles. The Labute approximate surface area is 106 Å². The van der Waals surface area contributed by atoms with Gasteiger partial charge in [0.05, 0.1) is 0 Å². The second-order valence-corrected chi connectivity index (χ2v) is 6.32. The Balaban J connectivity index is 4.38. The lowest BCUT2D eigenvalue weighted by Crippen LogP contribution is -2.45. The Morgan fingerprint density at radius 1 is 1.24 bits per heavy atom. The van der Waals surface area contributed by atoms with E-state index in [0.29, 0.717) is 13.1 Å². The van der Waals surface area contributed by atoms with Crippen LogP contribution >= 0.6 is 0 Å². The molecule has 5 nitrogen and oxygen atoms in total. The van der Waals surface area contributed by atoms with Crippen LogP contribution in [0.3, 0.4) is 0 Å². The highest BCUT2D eigenvalue weighted by Gasteiger charge is 2.27. The summed E-state index contributed by atoms with van der Waals surface area (Å²) in [6.07, 6.45) is 0.833. The van der Waals surface area contributed by atoms with Crippen LogP contribution in [0.5, 0.6) is 0 Å². The third kappa shape index (κ3) is 5.33. The first-order valence-electron chi connectivity index (χ1n) is 6.31. The second kappa shape index (κ2) is 8.02. The molecule has 0 bridgehead atoms. The maximum atomic E-state index is 12.2. The van der Waals surface area contributed by atoms with Gasteiger partial charge >= 0.3 is 0 Å². The Morgan fingerprint density at radius 2 is 1.82 bits per heavy atom. The zero-order valence-electron chi connectivity index (χ0n) is 11.7. The zero-order valence-corrected chi connectivity index (χ0v) is 12.5.